The summed E-state index contributed by atoms with van der Waals surface area (Å²) in [4.78, 5) is 15.9. The number of nitrogens with zero attached hydrogens (tertiary/aromatic N) is 1. The van der Waals surface area contributed by atoms with Crippen LogP contribution < -0.4 is 10.6 Å². The van der Waals surface area contributed by atoms with Gasteiger partial charge in [0.15, 0.2) is 0 Å². The molecule has 0 aliphatic carbocycles. The average molecular weight is 279 g/mol. The smallest absolute Gasteiger partial charge is 0.320 e. The Hall–Kier alpha value is -2.62. The number of benzene rings is 2. The standard InChI is InChI=1S/C17H17N3O/c21-17-18-12-16(20-17)19-15(14-9-5-2-6-10-14)11-13-7-3-1-4-8-13/h1-10,15H,11-12H2,(H2,18,19,20,21). The molecule has 0 spiro atoms. The number of amides is 2. The molecule has 0 radical (unpaired) electrons. The van der Waals surface area contributed by atoms with Gasteiger partial charge in [0.2, 0.25) is 0 Å². The Morgan fingerprint density at radius 3 is 2.29 bits per heavy atom. The van der Waals surface area contributed by atoms with Gasteiger partial charge < -0.3 is 5.32 Å². The third kappa shape index (κ3) is 3.48. The molecule has 4 nitrogen and oxygen atoms in total. The number of urea groups is 1. The summed E-state index contributed by atoms with van der Waals surface area (Å²) in [5.74, 6) is 0.699. The van der Waals surface area contributed by atoms with Crippen molar-refractivity contribution in [3.63, 3.8) is 0 Å². The summed E-state index contributed by atoms with van der Waals surface area (Å²) in [5.41, 5.74) is 2.38. The van der Waals surface area contributed by atoms with Crippen LogP contribution in [0.1, 0.15) is 17.2 Å². The van der Waals surface area contributed by atoms with E-state index in [4.69, 9.17) is 4.99 Å². The van der Waals surface area contributed by atoms with Crippen LogP contribution in [0.15, 0.2) is 65.7 Å². The van der Waals surface area contributed by atoms with Crippen LogP contribution in [0, 0.1) is 0 Å². The molecule has 1 unspecified atom stereocenters. The number of carbonyl (C=O) groups is 1. The highest BCUT2D eigenvalue weighted by Gasteiger charge is 2.18. The molecule has 4 heteroatoms. The van der Waals surface area contributed by atoms with Crippen molar-refractivity contribution in [1.29, 1.82) is 0 Å². The van der Waals surface area contributed by atoms with Crippen LogP contribution in [0.4, 0.5) is 4.79 Å². The van der Waals surface area contributed by atoms with Gasteiger partial charge in [-0.25, -0.2) is 4.79 Å². The fraction of sp³-hybridized carbons (Fsp3) is 0.176. The quantitative estimate of drug-likeness (QED) is 0.888. The zero-order valence-electron chi connectivity index (χ0n) is 11.6. The fourth-order valence-corrected chi connectivity index (χ4v) is 2.40. The Balaban J connectivity index is 1.86. The van der Waals surface area contributed by atoms with E-state index in [9.17, 15) is 4.79 Å². The molecule has 2 amide bonds. The molecule has 1 saturated heterocycles. The second-order valence-electron chi connectivity index (χ2n) is 5.00. The molecule has 1 heterocycles. The zero-order valence-corrected chi connectivity index (χ0v) is 11.6. The van der Waals surface area contributed by atoms with Gasteiger partial charge in [-0.15, -0.1) is 0 Å². The highest BCUT2D eigenvalue weighted by Crippen LogP contribution is 2.22. The summed E-state index contributed by atoms with van der Waals surface area (Å²) in [6, 6.07) is 20.3. The molecule has 0 saturated carbocycles. The Morgan fingerprint density at radius 2 is 1.67 bits per heavy atom. The average Bonchev–Trinajstić information content (AvgIpc) is 2.94. The number of nitrogens with one attached hydrogen (secondary N) is 2. The minimum absolute atomic E-state index is 0.00352. The van der Waals surface area contributed by atoms with E-state index in [1.54, 1.807) is 0 Å². The lowest BCUT2D eigenvalue weighted by Crippen LogP contribution is -2.23. The first-order valence-corrected chi connectivity index (χ1v) is 7.01. The van der Waals surface area contributed by atoms with E-state index < -0.39 is 0 Å². The molecule has 2 N–H and O–H groups in total. The van der Waals surface area contributed by atoms with Crippen LogP contribution in [0.3, 0.4) is 0 Å². The first kappa shape index (κ1) is 13.4. The molecule has 1 fully saturated rings. The molecular formula is C17H17N3O. The first-order valence-electron chi connectivity index (χ1n) is 7.01. The van der Waals surface area contributed by atoms with E-state index in [2.05, 4.69) is 34.9 Å². The lowest BCUT2D eigenvalue weighted by atomic mass is 9.99. The third-order valence-electron chi connectivity index (χ3n) is 3.44. The Morgan fingerprint density at radius 1 is 1.00 bits per heavy atom. The number of carbonyl (C=O) groups excluding carboxylic acids is 1. The summed E-state index contributed by atoms with van der Waals surface area (Å²) >= 11 is 0. The predicted molar refractivity (Wildman–Crippen MR) is 83.3 cm³/mol. The monoisotopic (exact) mass is 279 g/mol. The summed E-state index contributed by atoms with van der Waals surface area (Å²) in [6.07, 6.45) is 0.810. The first-order chi connectivity index (χ1) is 10.3. The normalized spacial score (nSPS) is 17.3. The third-order valence-corrected chi connectivity index (χ3v) is 3.44. The molecule has 2 aromatic rings. The van der Waals surface area contributed by atoms with Crippen molar-refractivity contribution in [3.05, 3.63) is 71.8 Å². The van der Waals surface area contributed by atoms with Crippen LogP contribution in [-0.4, -0.2) is 18.4 Å². The molecular weight excluding hydrogens is 262 g/mol. The summed E-state index contributed by atoms with van der Waals surface area (Å²) in [6.45, 7) is 0.469. The Labute approximate surface area is 123 Å². The topological polar surface area (TPSA) is 53.5 Å². The van der Waals surface area contributed by atoms with Gasteiger partial charge in [-0.1, -0.05) is 60.7 Å². The number of amidine groups is 1. The maximum Gasteiger partial charge on any atom is 0.320 e. The summed E-state index contributed by atoms with van der Waals surface area (Å²) < 4.78 is 0. The van der Waals surface area contributed by atoms with Crippen LogP contribution in [0.2, 0.25) is 0 Å². The number of aliphatic imine (C=N–C) groups is 1. The van der Waals surface area contributed by atoms with E-state index >= 15 is 0 Å². The molecule has 2 aromatic carbocycles. The fourth-order valence-electron chi connectivity index (χ4n) is 2.40. The van der Waals surface area contributed by atoms with Crippen LogP contribution in [-0.2, 0) is 6.42 Å². The van der Waals surface area contributed by atoms with E-state index in [-0.39, 0.29) is 12.1 Å². The molecule has 0 aromatic heterocycles. The van der Waals surface area contributed by atoms with Crippen LogP contribution in [0.5, 0.6) is 0 Å². The van der Waals surface area contributed by atoms with Gasteiger partial charge in [0, 0.05) is 0 Å². The van der Waals surface area contributed by atoms with E-state index in [0.717, 1.165) is 12.0 Å². The molecule has 0 bridgehead atoms. The van der Waals surface area contributed by atoms with Crippen molar-refractivity contribution in [3.8, 4) is 0 Å². The summed E-state index contributed by atoms with van der Waals surface area (Å²) in [7, 11) is 0. The maximum absolute atomic E-state index is 11.2. The number of hydrogen-bond donors (Lipinski definition) is 2. The minimum Gasteiger partial charge on any atom is -0.331 e. The zero-order chi connectivity index (χ0) is 14.5. The molecule has 106 valence electrons. The van der Waals surface area contributed by atoms with Crippen molar-refractivity contribution in [1.82, 2.24) is 10.6 Å². The van der Waals surface area contributed by atoms with Gasteiger partial charge in [-0.2, -0.15) is 0 Å². The van der Waals surface area contributed by atoms with Gasteiger partial charge in [0.05, 0.1) is 12.6 Å². The molecule has 1 aliphatic rings. The molecule has 21 heavy (non-hydrogen) atoms. The lowest BCUT2D eigenvalue weighted by molar-refractivity contribution is 0.249. The number of rotatable bonds is 4. The molecule has 1 aliphatic heterocycles. The SMILES string of the molecule is O=C1NCC(=NC(Cc2ccccc2)c2ccccc2)N1. The van der Waals surface area contributed by atoms with Crippen molar-refractivity contribution in [2.75, 3.05) is 6.54 Å². The van der Waals surface area contributed by atoms with Crippen LogP contribution in [0.25, 0.3) is 0 Å². The van der Waals surface area contributed by atoms with Gasteiger partial charge in [-0.05, 0) is 17.5 Å². The van der Waals surface area contributed by atoms with Gasteiger partial charge in [-0.3, -0.25) is 10.3 Å². The minimum atomic E-state index is -0.180. The highest BCUT2D eigenvalue weighted by atomic mass is 16.2. The Bertz CT molecular complexity index is 638. The van der Waals surface area contributed by atoms with Gasteiger partial charge in [0.1, 0.15) is 5.84 Å². The maximum atomic E-state index is 11.2. The van der Waals surface area contributed by atoms with Crippen molar-refractivity contribution in [2.45, 2.75) is 12.5 Å². The Kier molecular flexibility index (Phi) is 3.96. The lowest BCUT2D eigenvalue weighted by Gasteiger charge is -2.14. The van der Waals surface area contributed by atoms with Crippen LogP contribution >= 0.6 is 0 Å². The van der Waals surface area contributed by atoms with Gasteiger partial charge >= 0.3 is 6.03 Å². The van der Waals surface area contributed by atoms with E-state index in [1.807, 2.05) is 36.4 Å². The second-order valence-corrected chi connectivity index (χ2v) is 5.00. The second kappa shape index (κ2) is 6.22. The highest BCUT2D eigenvalue weighted by molar-refractivity contribution is 6.04. The van der Waals surface area contributed by atoms with Crippen molar-refractivity contribution < 1.29 is 4.79 Å². The van der Waals surface area contributed by atoms with Crippen molar-refractivity contribution >= 4 is 11.9 Å². The van der Waals surface area contributed by atoms with Gasteiger partial charge in [0.25, 0.3) is 0 Å². The van der Waals surface area contributed by atoms with E-state index in [1.165, 1.54) is 5.56 Å². The largest absolute Gasteiger partial charge is 0.331 e. The predicted octanol–water partition coefficient (Wildman–Crippen LogP) is 2.68. The van der Waals surface area contributed by atoms with E-state index in [0.29, 0.717) is 12.4 Å². The summed E-state index contributed by atoms with van der Waals surface area (Å²) in [5, 5.41) is 5.45. The molecule has 1 atom stereocenters. The molecule has 3 rings (SSSR count). The number of hydrogen-bond acceptors (Lipinski definition) is 2. The van der Waals surface area contributed by atoms with Crippen molar-refractivity contribution in [2.24, 2.45) is 4.99 Å².